The van der Waals surface area contributed by atoms with Crippen LogP contribution in [-0.4, -0.2) is 29.3 Å². The lowest BCUT2D eigenvalue weighted by atomic mass is 10.1. The van der Waals surface area contributed by atoms with Crippen molar-refractivity contribution in [3.63, 3.8) is 0 Å². The Morgan fingerprint density at radius 3 is 2.41 bits per heavy atom. The fourth-order valence-electron chi connectivity index (χ4n) is 2.25. The molecule has 10 heteroatoms. The Morgan fingerprint density at radius 1 is 1.22 bits per heavy atom. The Morgan fingerprint density at radius 2 is 1.85 bits per heavy atom. The van der Waals surface area contributed by atoms with Gasteiger partial charge in [-0.15, -0.1) is 13.2 Å². The van der Waals surface area contributed by atoms with Crippen molar-refractivity contribution in [2.24, 2.45) is 0 Å². The van der Waals surface area contributed by atoms with E-state index in [2.05, 4.69) is 10.1 Å². The summed E-state index contributed by atoms with van der Waals surface area (Å²) >= 11 is 0. The number of non-ortho nitro benzene ring substituents is 1. The van der Waals surface area contributed by atoms with Crippen molar-refractivity contribution in [3.05, 3.63) is 64.2 Å². The van der Waals surface area contributed by atoms with Crippen LogP contribution in [0.1, 0.15) is 18.5 Å². The van der Waals surface area contributed by atoms with Gasteiger partial charge in [0, 0.05) is 24.9 Å². The smallest absolute Gasteiger partial charge is 0.406 e. The molecule has 27 heavy (non-hydrogen) atoms. The van der Waals surface area contributed by atoms with Crippen LogP contribution in [0.5, 0.6) is 5.75 Å². The summed E-state index contributed by atoms with van der Waals surface area (Å²) in [4.78, 5) is 24.0. The monoisotopic (exact) mass is 383 g/mol. The highest BCUT2D eigenvalue weighted by Gasteiger charge is 2.31. The molecule has 1 N–H and O–H groups in total. The molecular formula is C17H16F3N3O4. The molecule has 0 aromatic heterocycles. The van der Waals surface area contributed by atoms with E-state index in [1.807, 2.05) is 0 Å². The predicted octanol–water partition coefficient (Wildman–Crippen LogP) is 4.72. The second kappa shape index (κ2) is 7.94. The van der Waals surface area contributed by atoms with Crippen LogP contribution in [0.15, 0.2) is 48.5 Å². The van der Waals surface area contributed by atoms with Gasteiger partial charge in [-0.05, 0) is 36.8 Å². The zero-order chi connectivity index (χ0) is 20.2. The first kappa shape index (κ1) is 20.0. The maximum atomic E-state index is 12.3. The first-order chi connectivity index (χ1) is 12.6. The van der Waals surface area contributed by atoms with Crippen molar-refractivity contribution in [2.75, 3.05) is 12.4 Å². The van der Waals surface area contributed by atoms with Gasteiger partial charge >= 0.3 is 12.4 Å². The average molecular weight is 383 g/mol. The van der Waals surface area contributed by atoms with Crippen LogP contribution in [0.2, 0.25) is 0 Å². The van der Waals surface area contributed by atoms with Gasteiger partial charge < -0.3 is 15.0 Å². The number of anilines is 1. The van der Waals surface area contributed by atoms with Gasteiger partial charge in [-0.25, -0.2) is 4.79 Å². The van der Waals surface area contributed by atoms with Crippen molar-refractivity contribution in [2.45, 2.75) is 19.3 Å². The fourth-order valence-corrected chi connectivity index (χ4v) is 2.25. The molecule has 0 heterocycles. The van der Waals surface area contributed by atoms with Crippen molar-refractivity contribution in [1.82, 2.24) is 4.90 Å². The van der Waals surface area contributed by atoms with E-state index in [9.17, 15) is 28.1 Å². The van der Waals surface area contributed by atoms with Gasteiger partial charge in [0.15, 0.2) is 0 Å². The maximum absolute atomic E-state index is 12.3. The minimum Gasteiger partial charge on any atom is -0.406 e. The van der Waals surface area contributed by atoms with Crippen LogP contribution >= 0.6 is 0 Å². The Hall–Kier alpha value is -3.30. The van der Waals surface area contributed by atoms with Crippen LogP contribution < -0.4 is 10.1 Å². The summed E-state index contributed by atoms with van der Waals surface area (Å²) < 4.78 is 40.2. The number of halogens is 3. The van der Waals surface area contributed by atoms with Gasteiger partial charge in [-0.1, -0.05) is 12.1 Å². The molecule has 2 aromatic rings. The maximum Gasteiger partial charge on any atom is 0.573 e. The number of rotatable bonds is 5. The minimum absolute atomic E-state index is 0.0894. The second-order valence-corrected chi connectivity index (χ2v) is 5.64. The third-order valence-corrected chi connectivity index (χ3v) is 3.80. The number of alkyl halides is 3. The summed E-state index contributed by atoms with van der Waals surface area (Å²) in [5.74, 6) is -0.404. The van der Waals surface area contributed by atoms with Crippen molar-refractivity contribution >= 4 is 17.4 Å². The number of carbonyl (C=O) groups excluding carboxylic acids is 1. The Labute approximate surface area is 152 Å². The van der Waals surface area contributed by atoms with Crippen LogP contribution in [0.25, 0.3) is 0 Å². The molecule has 0 aliphatic heterocycles. The highest BCUT2D eigenvalue weighted by atomic mass is 19.4. The molecule has 2 amide bonds. The van der Waals surface area contributed by atoms with Gasteiger partial charge in [0.25, 0.3) is 5.69 Å². The van der Waals surface area contributed by atoms with Gasteiger partial charge in [0.05, 0.1) is 11.0 Å². The van der Waals surface area contributed by atoms with Crippen molar-refractivity contribution < 1.29 is 27.6 Å². The molecule has 0 radical (unpaired) electrons. The van der Waals surface area contributed by atoms with Crippen LogP contribution in [0.4, 0.5) is 29.3 Å². The Kier molecular flexibility index (Phi) is 5.88. The number of nitrogens with one attached hydrogen (secondary N) is 1. The third kappa shape index (κ3) is 5.59. The molecule has 7 nitrogen and oxygen atoms in total. The number of carbonyl (C=O) groups is 1. The first-order valence-corrected chi connectivity index (χ1v) is 7.71. The standard InChI is InChI=1S/C17H16F3N3O4/c1-11(12-4-3-5-14(10-12)23(25)26)22(2)16(24)21-13-6-8-15(9-7-13)27-17(18,19)20/h3-11H,1-2H3,(H,21,24). The third-order valence-electron chi connectivity index (χ3n) is 3.80. The number of hydrogen-bond acceptors (Lipinski definition) is 4. The summed E-state index contributed by atoms with van der Waals surface area (Å²) in [5, 5.41) is 13.4. The van der Waals surface area contributed by atoms with Gasteiger partial charge in [0.1, 0.15) is 5.75 Å². The molecule has 0 bridgehead atoms. The molecule has 0 aliphatic carbocycles. The predicted molar refractivity (Wildman–Crippen MR) is 91.4 cm³/mol. The Balaban J connectivity index is 2.04. The molecule has 144 valence electrons. The van der Waals surface area contributed by atoms with Gasteiger partial charge in [-0.3, -0.25) is 10.1 Å². The van der Waals surface area contributed by atoms with E-state index in [-0.39, 0.29) is 11.4 Å². The number of nitrogens with zero attached hydrogens (tertiary/aromatic N) is 2. The summed E-state index contributed by atoms with van der Waals surface area (Å²) in [6.07, 6.45) is -4.79. The van der Waals surface area contributed by atoms with Gasteiger partial charge in [-0.2, -0.15) is 0 Å². The highest BCUT2D eigenvalue weighted by Crippen LogP contribution is 2.26. The summed E-state index contributed by atoms with van der Waals surface area (Å²) in [5.41, 5.74) is 0.747. The van der Waals surface area contributed by atoms with Crippen LogP contribution in [0.3, 0.4) is 0 Å². The second-order valence-electron chi connectivity index (χ2n) is 5.64. The fraction of sp³-hybridized carbons (Fsp3) is 0.235. The normalized spacial score (nSPS) is 12.2. The quantitative estimate of drug-likeness (QED) is 0.598. The topological polar surface area (TPSA) is 84.7 Å². The molecule has 1 atom stereocenters. The van der Waals surface area contributed by atoms with E-state index in [1.54, 1.807) is 13.0 Å². The molecule has 0 fully saturated rings. The molecule has 1 unspecified atom stereocenters. The molecular weight excluding hydrogens is 367 g/mol. The van der Waals surface area contributed by atoms with E-state index in [0.717, 1.165) is 12.1 Å². The van der Waals surface area contributed by atoms with Crippen LogP contribution in [-0.2, 0) is 0 Å². The minimum atomic E-state index is -4.79. The number of nitro groups is 1. The lowest BCUT2D eigenvalue weighted by Gasteiger charge is -2.25. The van der Waals surface area contributed by atoms with E-state index in [0.29, 0.717) is 5.56 Å². The largest absolute Gasteiger partial charge is 0.573 e. The first-order valence-electron chi connectivity index (χ1n) is 7.71. The number of benzene rings is 2. The van der Waals surface area contributed by atoms with E-state index in [4.69, 9.17) is 0 Å². The Bertz CT molecular complexity index is 825. The van der Waals surface area contributed by atoms with Crippen LogP contribution in [0, 0.1) is 10.1 Å². The van der Waals surface area contributed by atoms with E-state index < -0.39 is 29.1 Å². The lowest BCUT2D eigenvalue weighted by molar-refractivity contribution is -0.384. The number of nitro benzene ring substituents is 1. The summed E-state index contributed by atoms with van der Waals surface area (Å²) in [7, 11) is 1.50. The highest BCUT2D eigenvalue weighted by molar-refractivity contribution is 5.89. The molecule has 0 aliphatic rings. The van der Waals surface area contributed by atoms with Crippen molar-refractivity contribution in [3.8, 4) is 5.75 Å². The van der Waals surface area contributed by atoms with E-state index in [1.165, 1.54) is 42.3 Å². The number of hydrogen-bond donors (Lipinski definition) is 1. The lowest BCUT2D eigenvalue weighted by Crippen LogP contribution is -2.33. The number of urea groups is 1. The molecule has 2 rings (SSSR count). The zero-order valence-corrected chi connectivity index (χ0v) is 14.4. The average Bonchev–Trinajstić information content (AvgIpc) is 2.61. The molecule has 2 aromatic carbocycles. The van der Waals surface area contributed by atoms with Crippen molar-refractivity contribution in [1.29, 1.82) is 0 Å². The SMILES string of the molecule is CC(c1cccc([N+](=O)[O-])c1)N(C)C(=O)Nc1ccc(OC(F)(F)F)cc1. The number of amides is 2. The van der Waals surface area contributed by atoms with E-state index >= 15 is 0 Å². The number of ether oxygens (including phenoxy) is 1. The van der Waals surface area contributed by atoms with Gasteiger partial charge in [0.2, 0.25) is 0 Å². The zero-order valence-electron chi connectivity index (χ0n) is 14.4. The molecule has 0 spiro atoms. The summed E-state index contributed by atoms with van der Waals surface area (Å²) in [6.45, 7) is 1.69. The molecule has 0 saturated carbocycles. The summed E-state index contributed by atoms with van der Waals surface area (Å²) in [6, 6.07) is 9.59. The molecule has 0 saturated heterocycles.